The van der Waals surface area contributed by atoms with Gasteiger partial charge in [0.2, 0.25) is 0 Å². The number of nitrogens with one attached hydrogen (secondary N) is 1. The van der Waals surface area contributed by atoms with Crippen molar-refractivity contribution in [2.45, 2.75) is 0 Å². The van der Waals surface area contributed by atoms with Crippen molar-refractivity contribution in [2.75, 3.05) is 5.32 Å². The van der Waals surface area contributed by atoms with E-state index in [1.165, 1.54) is 18.5 Å². The van der Waals surface area contributed by atoms with Gasteiger partial charge in [0, 0.05) is 23.2 Å². The molecular formula is C20H12F2N4O. The minimum atomic E-state index is -0.972. The van der Waals surface area contributed by atoms with Crippen LogP contribution in [0.2, 0.25) is 0 Å². The molecule has 0 atom stereocenters. The molecule has 132 valence electrons. The van der Waals surface area contributed by atoms with Crippen LogP contribution < -0.4 is 5.32 Å². The van der Waals surface area contributed by atoms with E-state index in [2.05, 4.69) is 20.3 Å². The number of amides is 1. The third-order valence-corrected chi connectivity index (χ3v) is 4.02. The summed E-state index contributed by atoms with van der Waals surface area (Å²) in [5.74, 6) is -2.02. The predicted octanol–water partition coefficient (Wildman–Crippen LogP) is 4.22. The fourth-order valence-electron chi connectivity index (χ4n) is 2.72. The number of anilines is 1. The molecule has 2 heterocycles. The molecule has 2 aromatic heterocycles. The van der Waals surface area contributed by atoms with Crippen molar-refractivity contribution in [3.8, 4) is 11.3 Å². The Morgan fingerprint density at radius 2 is 1.74 bits per heavy atom. The highest BCUT2D eigenvalue weighted by Gasteiger charge is 2.12. The number of aromatic nitrogens is 3. The number of carbonyl (C=O) groups excluding carboxylic acids is 1. The number of rotatable bonds is 3. The van der Waals surface area contributed by atoms with E-state index in [0.717, 1.165) is 12.1 Å². The second kappa shape index (κ2) is 6.87. The largest absolute Gasteiger partial charge is 0.306 e. The van der Waals surface area contributed by atoms with Crippen LogP contribution in [0.1, 0.15) is 10.4 Å². The molecule has 0 unspecified atom stereocenters. The lowest BCUT2D eigenvalue weighted by atomic mass is 10.1. The van der Waals surface area contributed by atoms with Crippen LogP contribution in [0.4, 0.5) is 14.6 Å². The molecule has 0 radical (unpaired) electrons. The van der Waals surface area contributed by atoms with Gasteiger partial charge in [-0.1, -0.05) is 18.2 Å². The highest BCUT2D eigenvalue weighted by atomic mass is 19.2. The topological polar surface area (TPSA) is 67.8 Å². The average molecular weight is 362 g/mol. The van der Waals surface area contributed by atoms with Gasteiger partial charge < -0.3 is 5.32 Å². The van der Waals surface area contributed by atoms with E-state index < -0.39 is 11.6 Å². The van der Waals surface area contributed by atoms with Crippen LogP contribution in [0.25, 0.3) is 22.2 Å². The second-order valence-corrected chi connectivity index (χ2v) is 5.75. The van der Waals surface area contributed by atoms with Gasteiger partial charge in [0.1, 0.15) is 12.1 Å². The first-order chi connectivity index (χ1) is 13.1. The zero-order valence-corrected chi connectivity index (χ0v) is 13.9. The molecule has 0 saturated carbocycles. The number of hydrogen-bond acceptors (Lipinski definition) is 4. The van der Waals surface area contributed by atoms with E-state index >= 15 is 0 Å². The minimum Gasteiger partial charge on any atom is -0.306 e. The fraction of sp³-hybridized carbons (Fsp3) is 0. The molecule has 1 amide bonds. The van der Waals surface area contributed by atoms with Crippen LogP contribution in [0.3, 0.4) is 0 Å². The monoisotopic (exact) mass is 362 g/mol. The lowest BCUT2D eigenvalue weighted by Crippen LogP contribution is -2.13. The summed E-state index contributed by atoms with van der Waals surface area (Å²) in [6.45, 7) is 0. The number of fused-ring (bicyclic) bond motifs is 1. The van der Waals surface area contributed by atoms with Crippen molar-refractivity contribution in [1.82, 2.24) is 15.0 Å². The van der Waals surface area contributed by atoms with E-state index in [1.807, 2.05) is 24.3 Å². The smallest absolute Gasteiger partial charge is 0.257 e. The Balaban J connectivity index is 1.64. The third-order valence-electron chi connectivity index (χ3n) is 4.02. The van der Waals surface area contributed by atoms with Gasteiger partial charge in [-0.05, 0) is 30.3 Å². The number of nitrogens with zero attached hydrogens (tertiary/aromatic N) is 3. The Hall–Kier alpha value is -3.74. The molecule has 5 nitrogen and oxygen atoms in total. The normalized spacial score (nSPS) is 10.7. The van der Waals surface area contributed by atoms with Crippen molar-refractivity contribution in [2.24, 2.45) is 0 Å². The molecule has 0 saturated heterocycles. The first-order valence-electron chi connectivity index (χ1n) is 8.04. The molecule has 1 N–H and O–H groups in total. The molecular weight excluding hydrogens is 350 g/mol. The molecule has 0 aliphatic carbocycles. The summed E-state index contributed by atoms with van der Waals surface area (Å²) in [6, 6.07) is 13.9. The molecule has 0 aliphatic rings. The van der Waals surface area contributed by atoms with Gasteiger partial charge in [-0.2, -0.15) is 0 Å². The van der Waals surface area contributed by atoms with Crippen LogP contribution in [0.5, 0.6) is 0 Å². The van der Waals surface area contributed by atoms with Crippen LogP contribution in [0.15, 0.2) is 67.1 Å². The summed E-state index contributed by atoms with van der Waals surface area (Å²) in [5.41, 5.74) is 1.89. The maximum Gasteiger partial charge on any atom is 0.257 e. The zero-order chi connectivity index (χ0) is 18.8. The van der Waals surface area contributed by atoms with Crippen LogP contribution >= 0.6 is 0 Å². The summed E-state index contributed by atoms with van der Waals surface area (Å²) in [6.07, 6.45) is 2.81. The Kier molecular flexibility index (Phi) is 4.25. The summed E-state index contributed by atoms with van der Waals surface area (Å²) >= 11 is 0. The first-order valence-corrected chi connectivity index (χ1v) is 8.04. The van der Waals surface area contributed by atoms with Crippen LogP contribution in [0, 0.1) is 11.6 Å². The number of hydrogen-bond donors (Lipinski definition) is 1. The highest BCUT2D eigenvalue weighted by molar-refractivity contribution is 6.12. The van der Waals surface area contributed by atoms with Gasteiger partial charge in [-0.25, -0.2) is 18.7 Å². The Bertz CT molecular complexity index is 1160. The first kappa shape index (κ1) is 16.7. The third kappa shape index (κ3) is 3.35. The number of carbonyl (C=O) groups is 1. The Morgan fingerprint density at radius 3 is 2.59 bits per heavy atom. The second-order valence-electron chi connectivity index (χ2n) is 5.75. The van der Waals surface area contributed by atoms with Gasteiger partial charge in [0.25, 0.3) is 5.91 Å². The van der Waals surface area contributed by atoms with Crippen molar-refractivity contribution in [3.05, 3.63) is 84.3 Å². The molecule has 0 fully saturated rings. The maximum atomic E-state index is 13.5. The minimum absolute atomic E-state index is 0.246. The van der Waals surface area contributed by atoms with E-state index in [4.69, 9.17) is 0 Å². The van der Waals surface area contributed by atoms with Gasteiger partial charge in [0.05, 0.1) is 16.8 Å². The molecule has 4 rings (SSSR count). The molecule has 7 heteroatoms. The molecule has 4 aromatic rings. The summed E-state index contributed by atoms with van der Waals surface area (Å²) < 4.78 is 26.6. The number of halogens is 2. The highest BCUT2D eigenvalue weighted by Crippen LogP contribution is 2.22. The lowest BCUT2D eigenvalue weighted by Gasteiger charge is -2.08. The molecule has 0 bridgehead atoms. The molecule has 27 heavy (non-hydrogen) atoms. The Morgan fingerprint density at radius 1 is 0.889 bits per heavy atom. The molecule has 0 spiro atoms. The van der Waals surface area contributed by atoms with E-state index in [1.54, 1.807) is 12.3 Å². The van der Waals surface area contributed by atoms with Crippen molar-refractivity contribution >= 4 is 22.6 Å². The van der Waals surface area contributed by atoms with Gasteiger partial charge in [0.15, 0.2) is 11.6 Å². The van der Waals surface area contributed by atoms with Gasteiger partial charge in [-0.3, -0.25) is 9.78 Å². The quantitative estimate of drug-likeness (QED) is 0.592. The van der Waals surface area contributed by atoms with Crippen molar-refractivity contribution in [1.29, 1.82) is 0 Å². The maximum absolute atomic E-state index is 13.5. The number of pyridine rings is 1. The van der Waals surface area contributed by atoms with E-state index in [9.17, 15) is 13.6 Å². The standard InChI is InChI=1S/C20H12F2N4O/c21-15-6-5-12(9-16(15)22)18-10-19(25-11-24-18)26-20(27)14-7-8-23-17-4-2-1-3-13(14)17/h1-11H,(H,24,25,26,27). The molecule has 2 aromatic carbocycles. The molecule has 0 aliphatic heterocycles. The van der Waals surface area contributed by atoms with Gasteiger partial charge >= 0.3 is 0 Å². The summed E-state index contributed by atoms with van der Waals surface area (Å²) in [4.78, 5) is 25.0. The Labute approximate surface area is 152 Å². The summed E-state index contributed by atoms with van der Waals surface area (Å²) in [5, 5.41) is 3.42. The fourth-order valence-corrected chi connectivity index (χ4v) is 2.72. The van der Waals surface area contributed by atoms with Crippen molar-refractivity contribution in [3.63, 3.8) is 0 Å². The number of benzene rings is 2. The SMILES string of the molecule is O=C(Nc1cc(-c2ccc(F)c(F)c2)ncn1)c1ccnc2ccccc12. The summed E-state index contributed by atoms with van der Waals surface area (Å²) in [7, 11) is 0. The van der Waals surface area contributed by atoms with Gasteiger partial charge in [-0.15, -0.1) is 0 Å². The van der Waals surface area contributed by atoms with Crippen LogP contribution in [-0.2, 0) is 0 Å². The number of para-hydroxylation sites is 1. The van der Waals surface area contributed by atoms with E-state index in [-0.39, 0.29) is 11.7 Å². The predicted molar refractivity (Wildman–Crippen MR) is 97.1 cm³/mol. The van der Waals surface area contributed by atoms with E-state index in [0.29, 0.717) is 27.7 Å². The lowest BCUT2D eigenvalue weighted by molar-refractivity contribution is 0.102. The average Bonchev–Trinajstić information content (AvgIpc) is 2.70. The zero-order valence-electron chi connectivity index (χ0n) is 13.9. The van der Waals surface area contributed by atoms with Crippen LogP contribution in [-0.4, -0.2) is 20.9 Å². The van der Waals surface area contributed by atoms with Crippen molar-refractivity contribution < 1.29 is 13.6 Å².